The number of aryl methyl sites for hydroxylation is 1. The van der Waals surface area contributed by atoms with Crippen LogP contribution >= 0.6 is 0 Å². The predicted molar refractivity (Wildman–Crippen MR) is 68.6 cm³/mol. The maximum Gasteiger partial charge on any atom is 0.338 e. The number of benzene rings is 1. The third kappa shape index (κ3) is 2.43. The number of esters is 1. The first-order valence-corrected chi connectivity index (χ1v) is 6.31. The average Bonchev–Trinajstić information content (AvgIpc) is 2.37. The Morgan fingerprint density at radius 1 is 1.41 bits per heavy atom. The molecule has 0 N–H and O–H groups in total. The molecule has 3 heteroatoms. The van der Waals surface area contributed by atoms with Gasteiger partial charge in [0.25, 0.3) is 0 Å². The minimum absolute atomic E-state index is 0.225. The minimum Gasteiger partial charge on any atom is -0.462 e. The maximum absolute atomic E-state index is 11.7. The largest absolute Gasteiger partial charge is 0.462 e. The molecule has 3 nitrogen and oxygen atoms in total. The molecule has 0 atom stereocenters. The molecule has 0 bridgehead atoms. The van der Waals surface area contributed by atoms with Gasteiger partial charge < -0.3 is 9.64 Å². The average molecular weight is 233 g/mol. The Morgan fingerprint density at radius 3 is 2.94 bits per heavy atom. The predicted octanol–water partition coefficient (Wildman–Crippen LogP) is 2.64. The van der Waals surface area contributed by atoms with Crippen molar-refractivity contribution in [1.29, 1.82) is 0 Å². The van der Waals surface area contributed by atoms with E-state index in [0.29, 0.717) is 12.2 Å². The molecule has 0 saturated carbocycles. The third-order valence-corrected chi connectivity index (χ3v) is 3.19. The molecule has 17 heavy (non-hydrogen) atoms. The van der Waals surface area contributed by atoms with Crippen LogP contribution in [0.5, 0.6) is 0 Å². The second-order valence-electron chi connectivity index (χ2n) is 4.25. The molecule has 92 valence electrons. The lowest BCUT2D eigenvalue weighted by molar-refractivity contribution is 0.0526. The molecule has 1 aromatic rings. The molecule has 1 aromatic carbocycles. The number of hydrogen-bond acceptors (Lipinski definition) is 3. The van der Waals surface area contributed by atoms with Crippen LogP contribution in [0.25, 0.3) is 0 Å². The normalized spacial score (nSPS) is 14.4. The van der Waals surface area contributed by atoms with E-state index in [9.17, 15) is 4.79 Å². The Hall–Kier alpha value is -1.51. The molecule has 0 aromatic heterocycles. The summed E-state index contributed by atoms with van der Waals surface area (Å²) in [5, 5.41) is 0. The Labute approximate surface area is 102 Å². The minimum atomic E-state index is -0.225. The number of carbonyl (C=O) groups is 1. The Balaban J connectivity index is 2.30. The zero-order valence-corrected chi connectivity index (χ0v) is 10.5. The first kappa shape index (κ1) is 12.0. The van der Waals surface area contributed by atoms with E-state index >= 15 is 0 Å². The lowest BCUT2D eigenvalue weighted by atomic mass is 9.99. The van der Waals surface area contributed by atoms with Crippen LogP contribution in [0, 0.1) is 0 Å². The van der Waals surface area contributed by atoms with Crippen LogP contribution in [0.3, 0.4) is 0 Å². The highest BCUT2D eigenvalue weighted by Crippen LogP contribution is 2.28. The van der Waals surface area contributed by atoms with Crippen LogP contribution in [0.2, 0.25) is 0 Å². The summed E-state index contributed by atoms with van der Waals surface area (Å²) in [6.07, 6.45) is 2.30. The SMILES string of the molecule is CCOC(=O)c1ccc2c(c1)N(CC)CCC2. The first-order valence-electron chi connectivity index (χ1n) is 6.31. The third-order valence-electron chi connectivity index (χ3n) is 3.19. The standard InChI is InChI=1S/C14H19NO2/c1-3-15-9-5-6-11-7-8-12(10-13(11)15)14(16)17-4-2/h7-8,10H,3-6,9H2,1-2H3. The van der Waals surface area contributed by atoms with Crippen molar-refractivity contribution in [2.45, 2.75) is 26.7 Å². The molecule has 1 heterocycles. The van der Waals surface area contributed by atoms with Crippen molar-refractivity contribution in [3.05, 3.63) is 29.3 Å². The molecule has 1 aliphatic rings. The van der Waals surface area contributed by atoms with Crippen LogP contribution in [0.4, 0.5) is 5.69 Å². The topological polar surface area (TPSA) is 29.5 Å². The summed E-state index contributed by atoms with van der Waals surface area (Å²) in [5.41, 5.74) is 3.20. The molecular weight excluding hydrogens is 214 g/mol. The van der Waals surface area contributed by atoms with E-state index in [-0.39, 0.29) is 5.97 Å². The van der Waals surface area contributed by atoms with Crippen molar-refractivity contribution in [2.75, 3.05) is 24.6 Å². The van der Waals surface area contributed by atoms with E-state index < -0.39 is 0 Å². The van der Waals surface area contributed by atoms with E-state index in [0.717, 1.165) is 19.5 Å². The summed E-state index contributed by atoms with van der Waals surface area (Å²) in [6.45, 7) is 6.46. The second-order valence-corrected chi connectivity index (χ2v) is 4.25. The molecule has 0 unspecified atom stereocenters. The smallest absolute Gasteiger partial charge is 0.338 e. The highest BCUT2D eigenvalue weighted by Gasteiger charge is 2.17. The van der Waals surface area contributed by atoms with Crippen LogP contribution < -0.4 is 4.90 Å². The van der Waals surface area contributed by atoms with Crippen molar-refractivity contribution in [2.24, 2.45) is 0 Å². The molecular formula is C14H19NO2. The van der Waals surface area contributed by atoms with Gasteiger partial charge in [-0.3, -0.25) is 0 Å². The summed E-state index contributed by atoms with van der Waals surface area (Å²) < 4.78 is 5.03. The fraction of sp³-hybridized carbons (Fsp3) is 0.500. The number of carbonyl (C=O) groups excluding carboxylic acids is 1. The quantitative estimate of drug-likeness (QED) is 0.752. The summed E-state index contributed by atoms with van der Waals surface area (Å²) in [7, 11) is 0. The Kier molecular flexibility index (Phi) is 3.67. The summed E-state index contributed by atoms with van der Waals surface area (Å²) in [6, 6.07) is 5.90. The number of ether oxygens (including phenoxy) is 1. The number of fused-ring (bicyclic) bond motifs is 1. The van der Waals surface area contributed by atoms with Gasteiger partial charge in [-0.15, -0.1) is 0 Å². The van der Waals surface area contributed by atoms with Crippen molar-refractivity contribution >= 4 is 11.7 Å². The van der Waals surface area contributed by atoms with Gasteiger partial charge in [0.2, 0.25) is 0 Å². The molecule has 2 rings (SSSR count). The molecule has 1 aliphatic heterocycles. The van der Waals surface area contributed by atoms with Crippen LogP contribution in [0.1, 0.15) is 36.2 Å². The monoisotopic (exact) mass is 233 g/mol. The lowest BCUT2D eigenvalue weighted by Gasteiger charge is -2.30. The second kappa shape index (κ2) is 5.21. The molecule has 0 amide bonds. The van der Waals surface area contributed by atoms with Gasteiger partial charge in [-0.1, -0.05) is 6.07 Å². The maximum atomic E-state index is 11.7. The van der Waals surface area contributed by atoms with Crippen LogP contribution in [0.15, 0.2) is 18.2 Å². The van der Waals surface area contributed by atoms with E-state index in [1.807, 2.05) is 19.1 Å². The van der Waals surface area contributed by atoms with Gasteiger partial charge in [-0.05, 0) is 44.4 Å². The van der Waals surface area contributed by atoms with E-state index in [4.69, 9.17) is 4.74 Å². The van der Waals surface area contributed by atoms with Crippen LogP contribution in [-0.2, 0) is 11.2 Å². The molecule has 0 radical (unpaired) electrons. The van der Waals surface area contributed by atoms with Crippen molar-refractivity contribution < 1.29 is 9.53 Å². The van der Waals surface area contributed by atoms with Gasteiger partial charge >= 0.3 is 5.97 Å². The number of rotatable bonds is 3. The lowest BCUT2D eigenvalue weighted by Crippen LogP contribution is -2.29. The number of hydrogen-bond donors (Lipinski definition) is 0. The molecule has 0 saturated heterocycles. The van der Waals surface area contributed by atoms with Crippen LogP contribution in [-0.4, -0.2) is 25.7 Å². The van der Waals surface area contributed by atoms with Gasteiger partial charge in [0.15, 0.2) is 0 Å². The fourth-order valence-corrected chi connectivity index (χ4v) is 2.32. The molecule has 0 aliphatic carbocycles. The van der Waals surface area contributed by atoms with Gasteiger partial charge in [-0.25, -0.2) is 4.79 Å². The van der Waals surface area contributed by atoms with Crippen molar-refractivity contribution in [1.82, 2.24) is 0 Å². The summed E-state index contributed by atoms with van der Waals surface area (Å²) in [4.78, 5) is 14.0. The Bertz CT molecular complexity index is 415. The molecule has 0 fully saturated rings. The number of nitrogens with zero attached hydrogens (tertiary/aromatic N) is 1. The van der Waals surface area contributed by atoms with Gasteiger partial charge in [0.1, 0.15) is 0 Å². The Morgan fingerprint density at radius 2 is 2.24 bits per heavy atom. The first-order chi connectivity index (χ1) is 8.26. The van der Waals surface area contributed by atoms with E-state index in [1.165, 1.54) is 17.7 Å². The zero-order valence-electron chi connectivity index (χ0n) is 10.5. The summed E-state index contributed by atoms with van der Waals surface area (Å²) >= 11 is 0. The van der Waals surface area contributed by atoms with E-state index in [1.54, 1.807) is 0 Å². The fourth-order valence-electron chi connectivity index (χ4n) is 2.32. The van der Waals surface area contributed by atoms with E-state index in [2.05, 4.69) is 17.9 Å². The van der Waals surface area contributed by atoms with Crippen molar-refractivity contribution in [3.63, 3.8) is 0 Å². The highest BCUT2D eigenvalue weighted by atomic mass is 16.5. The highest BCUT2D eigenvalue weighted by molar-refractivity contribution is 5.91. The van der Waals surface area contributed by atoms with Gasteiger partial charge in [0, 0.05) is 18.8 Å². The van der Waals surface area contributed by atoms with Crippen molar-refractivity contribution in [3.8, 4) is 0 Å². The number of anilines is 1. The summed E-state index contributed by atoms with van der Waals surface area (Å²) in [5.74, 6) is -0.225. The van der Waals surface area contributed by atoms with Gasteiger partial charge in [-0.2, -0.15) is 0 Å². The molecule has 0 spiro atoms. The zero-order chi connectivity index (χ0) is 12.3. The van der Waals surface area contributed by atoms with Gasteiger partial charge in [0.05, 0.1) is 12.2 Å².